The first-order chi connectivity index (χ1) is 10.8. The smallest absolute Gasteiger partial charge is 0.330 e. The summed E-state index contributed by atoms with van der Waals surface area (Å²) in [6, 6.07) is 0.247. The average Bonchev–Trinajstić information content (AvgIpc) is 2.97. The number of ether oxygens (including phenoxy) is 3. The monoisotopic (exact) mass is 345 g/mol. The second-order valence-electron chi connectivity index (χ2n) is 6.69. The van der Waals surface area contributed by atoms with Crippen molar-refractivity contribution in [2.24, 2.45) is 0 Å². The summed E-state index contributed by atoms with van der Waals surface area (Å²) < 4.78 is 19.9. The second-order valence-corrected chi connectivity index (χ2v) is 8.35. The maximum atomic E-state index is 11.2. The number of carbonyl (C=O) groups is 1. The standard InChI is InChI=1S/C17H31NO4S/c1-6-17(21-12-13-22-17)11-10-14(18-23-16(2,3)4)8-7-9-15(19)20-5/h7,9,14,18H,6,8,10-13H2,1-5H3/b9-7+/t14-/m1/s1. The highest BCUT2D eigenvalue weighted by molar-refractivity contribution is 7.98. The van der Waals surface area contributed by atoms with Crippen LogP contribution in [0, 0.1) is 0 Å². The van der Waals surface area contributed by atoms with Crippen molar-refractivity contribution in [2.45, 2.75) is 70.0 Å². The van der Waals surface area contributed by atoms with E-state index in [1.807, 2.05) is 6.08 Å². The molecule has 1 atom stereocenters. The number of carbonyl (C=O) groups excluding carboxylic acids is 1. The molecule has 1 N–H and O–H groups in total. The molecule has 0 amide bonds. The Kier molecular flexibility index (Phi) is 8.61. The van der Waals surface area contributed by atoms with E-state index >= 15 is 0 Å². The Balaban J connectivity index is 2.55. The number of rotatable bonds is 9. The van der Waals surface area contributed by atoms with Crippen LogP contribution in [0.15, 0.2) is 12.2 Å². The van der Waals surface area contributed by atoms with Crippen LogP contribution in [0.25, 0.3) is 0 Å². The van der Waals surface area contributed by atoms with Gasteiger partial charge in [0.2, 0.25) is 0 Å². The third-order valence-electron chi connectivity index (χ3n) is 3.63. The highest BCUT2D eigenvalue weighted by atomic mass is 32.2. The third-order valence-corrected chi connectivity index (χ3v) is 4.70. The van der Waals surface area contributed by atoms with Crippen LogP contribution in [0.5, 0.6) is 0 Å². The first-order valence-electron chi connectivity index (χ1n) is 8.26. The van der Waals surface area contributed by atoms with Gasteiger partial charge in [-0.25, -0.2) is 4.79 Å². The molecule has 23 heavy (non-hydrogen) atoms. The van der Waals surface area contributed by atoms with Crippen LogP contribution in [-0.2, 0) is 19.0 Å². The molecule has 6 heteroatoms. The average molecular weight is 346 g/mol. The van der Waals surface area contributed by atoms with Gasteiger partial charge in [-0.05, 0) is 40.0 Å². The zero-order valence-electron chi connectivity index (χ0n) is 15.0. The van der Waals surface area contributed by atoms with Gasteiger partial charge < -0.3 is 14.2 Å². The van der Waals surface area contributed by atoms with Crippen LogP contribution >= 0.6 is 11.9 Å². The molecule has 1 fully saturated rings. The van der Waals surface area contributed by atoms with Crippen molar-refractivity contribution in [1.82, 2.24) is 4.72 Å². The Hall–Kier alpha value is -0.560. The lowest BCUT2D eigenvalue weighted by molar-refractivity contribution is -0.165. The summed E-state index contributed by atoms with van der Waals surface area (Å²) in [7, 11) is 1.39. The summed E-state index contributed by atoms with van der Waals surface area (Å²) in [6.07, 6.45) is 6.72. The Morgan fingerprint density at radius 3 is 2.57 bits per heavy atom. The molecule has 0 aromatic heterocycles. The van der Waals surface area contributed by atoms with E-state index in [-0.39, 0.29) is 16.8 Å². The van der Waals surface area contributed by atoms with Gasteiger partial charge in [0.15, 0.2) is 5.79 Å². The van der Waals surface area contributed by atoms with Gasteiger partial charge >= 0.3 is 5.97 Å². The van der Waals surface area contributed by atoms with E-state index in [2.05, 4.69) is 37.2 Å². The predicted octanol–water partition coefficient (Wildman–Crippen LogP) is 3.44. The van der Waals surface area contributed by atoms with Crippen LogP contribution in [0.2, 0.25) is 0 Å². The van der Waals surface area contributed by atoms with Gasteiger partial charge in [0.25, 0.3) is 0 Å². The maximum Gasteiger partial charge on any atom is 0.330 e. The van der Waals surface area contributed by atoms with Crippen molar-refractivity contribution in [1.29, 1.82) is 0 Å². The lowest BCUT2D eigenvalue weighted by atomic mass is 10.0. The lowest BCUT2D eigenvalue weighted by Crippen LogP contribution is -2.34. The quantitative estimate of drug-likeness (QED) is 0.392. The van der Waals surface area contributed by atoms with Gasteiger partial charge in [0, 0.05) is 23.3 Å². The molecule has 0 radical (unpaired) electrons. The van der Waals surface area contributed by atoms with Crippen LogP contribution in [0.3, 0.4) is 0 Å². The zero-order valence-corrected chi connectivity index (χ0v) is 15.8. The normalized spacial score (nSPS) is 19.2. The van der Waals surface area contributed by atoms with Crippen LogP contribution < -0.4 is 4.72 Å². The number of nitrogens with one attached hydrogen (secondary N) is 1. The largest absolute Gasteiger partial charge is 0.466 e. The van der Waals surface area contributed by atoms with Gasteiger partial charge in [-0.15, -0.1) is 0 Å². The minimum absolute atomic E-state index is 0.132. The van der Waals surface area contributed by atoms with Crippen molar-refractivity contribution in [3.63, 3.8) is 0 Å². The van der Waals surface area contributed by atoms with E-state index in [9.17, 15) is 4.79 Å². The Morgan fingerprint density at radius 2 is 2.04 bits per heavy atom. The van der Waals surface area contributed by atoms with E-state index < -0.39 is 5.79 Å². The molecule has 1 heterocycles. The number of methoxy groups -OCH3 is 1. The molecule has 5 nitrogen and oxygen atoms in total. The van der Waals surface area contributed by atoms with E-state index in [4.69, 9.17) is 9.47 Å². The van der Waals surface area contributed by atoms with Crippen LogP contribution in [0.4, 0.5) is 0 Å². The predicted molar refractivity (Wildman–Crippen MR) is 94.2 cm³/mol. The summed E-state index contributed by atoms with van der Waals surface area (Å²) >= 11 is 1.71. The molecule has 0 unspecified atom stereocenters. The highest BCUT2D eigenvalue weighted by Crippen LogP contribution is 2.30. The minimum Gasteiger partial charge on any atom is -0.466 e. The lowest BCUT2D eigenvalue weighted by Gasteiger charge is -2.29. The van der Waals surface area contributed by atoms with Gasteiger partial charge in [-0.3, -0.25) is 4.72 Å². The van der Waals surface area contributed by atoms with E-state index in [0.29, 0.717) is 13.2 Å². The fourth-order valence-electron chi connectivity index (χ4n) is 2.30. The van der Waals surface area contributed by atoms with E-state index in [1.54, 1.807) is 11.9 Å². The Bertz CT molecular complexity index is 387. The van der Waals surface area contributed by atoms with Crippen molar-refractivity contribution < 1.29 is 19.0 Å². The summed E-state index contributed by atoms with van der Waals surface area (Å²) in [6.45, 7) is 9.94. The number of hydrogen-bond donors (Lipinski definition) is 1. The molecule has 0 aromatic carbocycles. The minimum atomic E-state index is -0.432. The highest BCUT2D eigenvalue weighted by Gasteiger charge is 2.34. The molecule has 0 bridgehead atoms. The van der Waals surface area contributed by atoms with Crippen LogP contribution in [-0.4, -0.2) is 42.9 Å². The second kappa shape index (κ2) is 9.67. The van der Waals surface area contributed by atoms with Crippen molar-refractivity contribution in [3.05, 3.63) is 12.2 Å². The summed E-state index contributed by atoms with van der Waals surface area (Å²) in [5, 5.41) is 0. The van der Waals surface area contributed by atoms with Crippen molar-refractivity contribution >= 4 is 17.9 Å². The van der Waals surface area contributed by atoms with Gasteiger partial charge in [0.1, 0.15) is 0 Å². The molecule has 134 valence electrons. The van der Waals surface area contributed by atoms with E-state index in [0.717, 1.165) is 25.7 Å². The van der Waals surface area contributed by atoms with Crippen molar-refractivity contribution in [3.8, 4) is 0 Å². The van der Waals surface area contributed by atoms with Gasteiger partial charge in [0.05, 0.1) is 20.3 Å². The first-order valence-corrected chi connectivity index (χ1v) is 9.08. The van der Waals surface area contributed by atoms with Crippen molar-refractivity contribution in [2.75, 3.05) is 20.3 Å². The Labute approximate surface area is 144 Å². The molecule has 0 aliphatic carbocycles. The first kappa shape index (κ1) is 20.5. The zero-order chi connectivity index (χ0) is 17.3. The Morgan fingerprint density at radius 1 is 1.39 bits per heavy atom. The maximum absolute atomic E-state index is 11.2. The fraction of sp³-hybridized carbons (Fsp3) is 0.824. The fourth-order valence-corrected chi connectivity index (χ4v) is 3.03. The molecule has 0 aromatic rings. The molecule has 1 aliphatic rings. The summed E-state index contributed by atoms with van der Waals surface area (Å²) in [5.74, 6) is -0.752. The molecule has 1 saturated heterocycles. The molecular formula is C17H31NO4S. The molecular weight excluding hydrogens is 314 g/mol. The third kappa shape index (κ3) is 8.20. The number of hydrogen-bond acceptors (Lipinski definition) is 6. The summed E-state index contributed by atoms with van der Waals surface area (Å²) in [4.78, 5) is 11.2. The van der Waals surface area contributed by atoms with Crippen LogP contribution in [0.1, 0.15) is 53.4 Å². The van der Waals surface area contributed by atoms with Gasteiger partial charge in [-0.2, -0.15) is 0 Å². The topological polar surface area (TPSA) is 56.8 Å². The number of esters is 1. The molecule has 0 spiro atoms. The molecule has 0 saturated carbocycles. The van der Waals surface area contributed by atoms with Gasteiger partial charge in [-0.1, -0.05) is 24.9 Å². The molecule has 1 rings (SSSR count). The SMILES string of the molecule is CCC1(CC[C@@H](C/C=C/C(=O)OC)NSC(C)(C)C)OCCO1. The summed E-state index contributed by atoms with van der Waals surface area (Å²) in [5.41, 5.74) is 0. The van der Waals surface area contributed by atoms with E-state index in [1.165, 1.54) is 13.2 Å². The molecule has 1 aliphatic heterocycles.